The highest BCUT2D eigenvalue weighted by atomic mass is 127. The van der Waals surface area contributed by atoms with Gasteiger partial charge in [0.25, 0.3) is 5.91 Å². The second-order valence-electron chi connectivity index (χ2n) is 2.63. The maximum atomic E-state index is 10.9. The summed E-state index contributed by atoms with van der Waals surface area (Å²) in [4.78, 5) is 10.9. The largest absolute Gasteiger partial charge is 0.364 e. The lowest BCUT2D eigenvalue weighted by molar-refractivity contribution is 0.0997. The van der Waals surface area contributed by atoms with Crippen molar-refractivity contribution in [3.63, 3.8) is 0 Å². The maximum Gasteiger partial charge on any atom is 0.269 e. The highest BCUT2D eigenvalue weighted by molar-refractivity contribution is 14.1. The number of rotatable bonds is 1. The summed E-state index contributed by atoms with van der Waals surface area (Å²) in [5.41, 5.74) is 6.28. The molecule has 1 aromatic heterocycles. The molecule has 1 heterocycles. The Hall–Kier alpha value is -1.11. The van der Waals surface area contributed by atoms with Crippen LogP contribution in [-0.4, -0.2) is 16.1 Å². The summed E-state index contributed by atoms with van der Waals surface area (Å²) in [6.45, 7) is 0. The van der Waals surface area contributed by atoms with Gasteiger partial charge in [0.05, 0.1) is 5.52 Å². The van der Waals surface area contributed by atoms with Crippen LogP contribution < -0.4 is 5.73 Å². The summed E-state index contributed by atoms with van der Waals surface area (Å²) in [5, 5.41) is 7.35. The molecular formula is C8H6IN3O. The third-order valence-corrected chi connectivity index (χ3v) is 2.43. The van der Waals surface area contributed by atoms with Crippen LogP contribution >= 0.6 is 22.6 Å². The van der Waals surface area contributed by atoms with Gasteiger partial charge in [-0.3, -0.25) is 9.89 Å². The van der Waals surface area contributed by atoms with Gasteiger partial charge in [-0.2, -0.15) is 5.10 Å². The molecule has 13 heavy (non-hydrogen) atoms. The van der Waals surface area contributed by atoms with Gasteiger partial charge in [-0.1, -0.05) is 0 Å². The van der Waals surface area contributed by atoms with Crippen LogP contribution in [0.5, 0.6) is 0 Å². The predicted molar refractivity (Wildman–Crippen MR) is 57.3 cm³/mol. The van der Waals surface area contributed by atoms with Gasteiger partial charge in [-0.15, -0.1) is 0 Å². The molecule has 4 nitrogen and oxygen atoms in total. The topological polar surface area (TPSA) is 71.8 Å². The minimum absolute atomic E-state index is 0.300. The number of aromatic nitrogens is 2. The smallest absolute Gasteiger partial charge is 0.269 e. The Morgan fingerprint density at radius 2 is 2.31 bits per heavy atom. The first-order chi connectivity index (χ1) is 6.18. The molecule has 0 saturated heterocycles. The first kappa shape index (κ1) is 8.49. The molecular weight excluding hydrogens is 281 g/mol. The summed E-state index contributed by atoms with van der Waals surface area (Å²) in [5.74, 6) is -0.506. The van der Waals surface area contributed by atoms with Crippen LogP contribution in [0.4, 0.5) is 0 Å². The molecule has 0 unspecified atom stereocenters. The summed E-state index contributed by atoms with van der Waals surface area (Å²) >= 11 is 2.17. The molecule has 1 amide bonds. The van der Waals surface area contributed by atoms with E-state index in [9.17, 15) is 4.79 Å². The van der Waals surface area contributed by atoms with E-state index in [0.29, 0.717) is 5.69 Å². The molecule has 0 saturated carbocycles. The van der Waals surface area contributed by atoms with Gasteiger partial charge in [-0.25, -0.2) is 0 Å². The Bertz CT molecular complexity index is 477. The number of hydrogen-bond donors (Lipinski definition) is 2. The Labute approximate surface area is 87.6 Å². The molecule has 66 valence electrons. The number of H-pyrrole nitrogens is 1. The lowest BCUT2D eigenvalue weighted by Gasteiger charge is -1.91. The van der Waals surface area contributed by atoms with E-state index in [1.54, 1.807) is 0 Å². The number of benzene rings is 1. The summed E-state index contributed by atoms with van der Waals surface area (Å²) in [6.07, 6.45) is 0. The zero-order chi connectivity index (χ0) is 9.42. The monoisotopic (exact) mass is 287 g/mol. The summed E-state index contributed by atoms with van der Waals surface area (Å²) in [7, 11) is 0. The second kappa shape index (κ2) is 2.99. The minimum atomic E-state index is -0.506. The molecule has 1 aromatic carbocycles. The van der Waals surface area contributed by atoms with Gasteiger partial charge in [-0.05, 0) is 40.8 Å². The molecule has 0 spiro atoms. The number of primary amides is 1. The van der Waals surface area contributed by atoms with E-state index < -0.39 is 5.91 Å². The van der Waals surface area contributed by atoms with E-state index in [1.165, 1.54) is 0 Å². The molecule has 2 aromatic rings. The van der Waals surface area contributed by atoms with Crippen LogP contribution in [0.3, 0.4) is 0 Å². The van der Waals surface area contributed by atoms with Crippen molar-refractivity contribution in [2.75, 3.05) is 0 Å². The molecule has 0 aliphatic carbocycles. The number of halogens is 1. The SMILES string of the molecule is NC(=O)c1n[nH]c2ccc(I)cc12. The number of carbonyl (C=O) groups excluding carboxylic acids is 1. The van der Waals surface area contributed by atoms with Crippen LogP contribution in [-0.2, 0) is 0 Å². The molecule has 2 rings (SSSR count). The minimum Gasteiger partial charge on any atom is -0.364 e. The Kier molecular flexibility index (Phi) is 1.95. The van der Waals surface area contributed by atoms with E-state index in [2.05, 4.69) is 32.8 Å². The number of carbonyl (C=O) groups is 1. The number of amides is 1. The van der Waals surface area contributed by atoms with Gasteiger partial charge < -0.3 is 5.73 Å². The third kappa shape index (κ3) is 1.39. The molecule has 0 atom stereocenters. The lowest BCUT2D eigenvalue weighted by Crippen LogP contribution is -2.11. The van der Waals surface area contributed by atoms with Crippen LogP contribution in [0.1, 0.15) is 10.5 Å². The molecule has 0 aliphatic heterocycles. The average Bonchev–Trinajstić information content (AvgIpc) is 2.46. The van der Waals surface area contributed by atoms with Gasteiger partial charge >= 0.3 is 0 Å². The van der Waals surface area contributed by atoms with Crippen molar-refractivity contribution in [1.82, 2.24) is 10.2 Å². The van der Waals surface area contributed by atoms with Crippen molar-refractivity contribution in [1.29, 1.82) is 0 Å². The van der Waals surface area contributed by atoms with Crippen molar-refractivity contribution < 1.29 is 4.79 Å². The standard InChI is InChI=1S/C8H6IN3O/c9-4-1-2-6-5(3-4)7(8(10)13)12-11-6/h1-3H,(H2,10,13)(H,11,12). The third-order valence-electron chi connectivity index (χ3n) is 1.76. The zero-order valence-corrected chi connectivity index (χ0v) is 8.70. The maximum absolute atomic E-state index is 10.9. The van der Waals surface area contributed by atoms with Gasteiger partial charge in [0, 0.05) is 8.96 Å². The number of aromatic amines is 1. The molecule has 0 aliphatic rings. The van der Waals surface area contributed by atoms with Crippen LogP contribution in [0.25, 0.3) is 10.9 Å². The molecule has 0 radical (unpaired) electrons. The van der Waals surface area contributed by atoms with Gasteiger partial charge in [0.2, 0.25) is 0 Å². The molecule has 3 N–H and O–H groups in total. The number of hydrogen-bond acceptors (Lipinski definition) is 2. The quantitative estimate of drug-likeness (QED) is 0.775. The first-order valence-corrected chi connectivity index (χ1v) is 4.70. The van der Waals surface area contributed by atoms with E-state index in [0.717, 1.165) is 14.5 Å². The van der Waals surface area contributed by atoms with Gasteiger partial charge in [0.1, 0.15) is 0 Å². The van der Waals surface area contributed by atoms with Crippen LogP contribution in [0.2, 0.25) is 0 Å². The molecule has 0 fully saturated rings. The fraction of sp³-hybridized carbons (Fsp3) is 0. The highest BCUT2D eigenvalue weighted by Gasteiger charge is 2.10. The van der Waals surface area contributed by atoms with E-state index in [4.69, 9.17) is 5.73 Å². The second-order valence-corrected chi connectivity index (χ2v) is 3.87. The number of nitrogens with one attached hydrogen (secondary N) is 1. The Morgan fingerprint density at radius 3 is 3.00 bits per heavy atom. The lowest BCUT2D eigenvalue weighted by atomic mass is 10.2. The van der Waals surface area contributed by atoms with E-state index in [-0.39, 0.29) is 0 Å². The first-order valence-electron chi connectivity index (χ1n) is 3.62. The van der Waals surface area contributed by atoms with Crippen molar-refractivity contribution in [2.24, 2.45) is 5.73 Å². The number of nitrogens with zero attached hydrogens (tertiary/aromatic N) is 1. The number of fused-ring (bicyclic) bond motifs is 1. The fourth-order valence-corrected chi connectivity index (χ4v) is 1.67. The van der Waals surface area contributed by atoms with Crippen molar-refractivity contribution >= 4 is 39.4 Å². The summed E-state index contributed by atoms with van der Waals surface area (Å²) in [6, 6.07) is 5.68. The van der Waals surface area contributed by atoms with Crippen molar-refractivity contribution in [2.45, 2.75) is 0 Å². The molecule has 5 heteroatoms. The normalized spacial score (nSPS) is 10.5. The zero-order valence-electron chi connectivity index (χ0n) is 6.54. The van der Waals surface area contributed by atoms with Crippen molar-refractivity contribution in [3.05, 3.63) is 27.5 Å². The average molecular weight is 287 g/mol. The number of nitrogens with two attached hydrogens (primary N) is 1. The summed E-state index contributed by atoms with van der Waals surface area (Å²) < 4.78 is 1.05. The molecule has 0 bridgehead atoms. The Morgan fingerprint density at radius 1 is 1.54 bits per heavy atom. The fourth-order valence-electron chi connectivity index (χ4n) is 1.17. The Balaban J connectivity index is 2.79. The van der Waals surface area contributed by atoms with Gasteiger partial charge in [0.15, 0.2) is 5.69 Å². The predicted octanol–water partition coefficient (Wildman–Crippen LogP) is 1.27. The van der Waals surface area contributed by atoms with E-state index in [1.807, 2.05) is 18.2 Å². The van der Waals surface area contributed by atoms with Crippen LogP contribution in [0.15, 0.2) is 18.2 Å². The van der Waals surface area contributed by atoms with Crippen molar-refractivity contribution in [3.8, 4) is 0 Å². The van der Waals surface area contributed by atoms with Crippen LogP contribution in [0, 0.1) is 3.57 Å². The highest BCUT2D eigenvalue weighted by Crippen LogP contribution is 2.18. The van der Waals surface area contributed by atoms with E-state index >= 15 is 0 Å².